The lowest BCUT2D eigenvalue weighted by atomic mass is 10.0. The van der Waals surface area contributed by atoms with Crippen LogP contribution in [0.2, 0.25) is 0 Å². The van der Waals surface area contributed by atoms with Gasteiger partial charge in [-0.15, -0.1) is 0 Å². The van der Waals surface area contributed by atoms with Gasteiger partial charge in [0, 0.05) is 5.56 Å². The largest absolute Gasteiger partial charge is 0.289 e. The fourth-order valence-corrected chi connectivity index (χ4v) is 4.87. The van der Waals surface area contributed by atoms with E-state index in [0.29, 0.717) is 0 Å². The summed E-state index contributed by atoms with van der Waals surface area (Å²) in [5.41, 5.74) is 4.55. The second-order valence-electron chi connectivity index (χ2n) is 10.6. The molecule has 0 aliphatic rings. The molecule has 0 unspecified atom stereocenters. The van der Waals surface area contributed by atoms with E-state index in [4.69, 9.17) is 0 Å². The van der Waals surface area contributed by atoms with Crippen LogP contribution < -0.4 is 0 Å². The van der Waals surface area contributed by atoms with Crippen molar-refractivity contribution in [2.75, 3.05) is 0 Å². The van der Waals surface area contributed by atoms with Crippen molar-refractivity contribution in [3.63, 3.8) is 0 Å². The SMILES string of the molecule is CCCCCCCCCCCCCCCc1ccc(C=CC(=O)c2cccc(CCCCC)c2)cc1. The minimum Gasteiger partial charge on any atom is -0.289 e. The number of carbonyl (C=O) groups excluding carboxylic acids is 1. The molecule has 0 amide bonds. The summed E-state index contributed by atoms with van der Waals surface area (Å²) in [7, 11) is 0. The summed E-state index contributed by atoms with van der Waals surface area (Å²) in [5.74, 6) is 0.0865. The number of hydrogen-bond donors (Lipinski definition) is 0. The molecule has 2 aromatic rings. The molecule has 198 valence electrons. The number of carbonyl (C=O) groups is 1. The summed E-state index contributed by atoms with van der Waals surface area (Å²) >= 11 is 0. The maximum atomic E-state index is 12.6. The molecule has 2 aromatic carbocycles. The van der Waals surface area contributed by atoms with Gasteiger partial charge in [-0.3, -0.25) is 4.79 Å². The Morgan fingerprint density at radius 2 is 1.08 bits per heavy atom. The molecular formula is C35H52O. The lowest BCUT2D eigenvalue weighted by Gasteiger charge is -2.04. The molecule has 1 heteroatoms. The van der Waals surface area contributed by atoms with E-state index < -0.39 is 0 Å². The van der Waals surface area contributed by atoms with Crippen LogP contribution in [-0.2, 0) is 12.8 Å². The van der Waals surface area contributed by atoms with Crippen molar-refractivity contribution in [2.24, 2.45) is 0 Å². The number of ketones is 1. The maximum absolute atomic E-state index is 12.6. The van der Waals surface area contributed by atoms with E-state index in [2.05, 4.69) is 50.2 Å². The minimum atomic E-state index is 0.0865. The fraction of sp³-hybridized carbons (Fsp3) is 0.571. The van der Waals surface area contributed by atoms with Gasteiger partial charge in [-0.1, -0.05) is 152 Å². The molecule has 0 aliphatic heterocycles. The van der Waals surface area contributed by atoms with Crippen molar-refractivity contribution in [2.45, 2.75) is 129 Å². The number of rotatable bonds is 21. The highest BCUT2D eigenvalue weighted by molar-refractivity contribution is 6.06. The van der Waals surface area contributed by atoms with Gasteiger partial charge in [-0.25, -0.2) is 0 Å². The predicted molar refractivity (Wildman–Crippen MR) is 159 cm³/mol. The number of unbranched alkanes of at least 4 members (excludes halogenated alkanes) is 14. The van der Waals surface area contributed by atoms with Gasteiger partial charge in [-0.05, 0) is 54.5 Å². The van der Waals surface area contributed by atoms with E-state index in [0.717, 1.165) is 24.0 Å². The molecule has 36 heavy (non-hydrogen) atoms. The molecule has 0 N–H and O–H groups in total. The molecule has 2 rings (SSSR count). The maximum Gasteiger partial charge on any atom is 0.185 e. The van der Waals surface area contributed by atoms with Crippen molar-refractivity contribution >= 4 is 11.9 Å². The molecule has 0 heterocycles. The molecule has 1 nitrogen and oxygen atoms in total. The van der Waals surface area contributed by atoms with E-state index >= 15 is 0 Å². The molecule has 0 aliphatic carbocycles. The zero-order valence-electron chi connectivity index (χ0n) is 23.4. The second kappa shape index (κ2) is 20.0. The molecule has 0 saturated heterocycles. The summed E-state index contributed by atoms with van der Waals surface area (Å²) < 4.78 is 0. The molecule has 0 fully saturated rings. The second-order valence-corrected chi connectivity index (χ2v) is 10.6. The standard InChI is InChI=1S/C35H52O/c1-3-5-7-8-9-10-11-12-13-14-15-16-18-20-31-24-26-32(27-25-31)28-29-35(36)34-23-19-22-33(30-34)21-17-6-4-2/h19,22-30H,3-18,20-21H2,1-2H3. The van der Waals surface area contributed by atoms with Crippen LogP contribution in [0.3, 0.4) is 0 Å². The summed E-state index contributed by atoms with van der Waals surface area (Å²) in [4.78, 5) is 12.6. The third kappa shape index (κ3) is 13.8. The highest BCUT2D eigenvalue weighted by atomic mass is 16.1. The molecule has 0 bridgehead atoms. The van der Waals surface area contributed by atoms with Gasteiger partial charge in [0.1, 0.15) is 0 Å². The molecular weight excluding hydrogens is 436 g/mol. The van der Waals surface area contributed by atoms with Gasteiger partial charge in [0.25, 0.3) is 0 Å². The van der Waals surface area contributed by atoms with Crippen LogP contribution in [0.25, 0.3) is 6.08 Å². The number of hydrogen-bond acceptors (Lipinski definition) is 1. The van der Waals surface area contributed by atoms with Gasteiger partial charge in [0.2, 0.25) is 0 Å². The lowest BCUT2D eigenvalue weighted by molar-refractivity contribution is 0.104. The van der Waals surface area contributed by atoms with Crippen molar-refractivity contribution in [3.05, 3.63) is 76.9 Å². The summed E-state index contributed by atoms with van der Waals surface area (Å²) in [6, 6.07) is 16.8. The predicted octanol–water partition coefficient (Wildman–Crippen LogP) is 10.9. The molecule has 0 spiro atoms. The van der Waals surface area contributed by atoms with Crippen molar-refractivity contribution in [3.8, 4) is 0 Å². The van der Waals surface area contributed by atoms with Gasteiger partial charge in [-0.2, -0.15) is 0 Å². The third-order valence-electron chi connectivity index (χ3n) is 7.26. The Morgan fingerprint density at radius 1 is 0.583 bits per heavy atom. The molecule has 0 radical (unpaired) electrons. The van der Waals surface area contributed by atoms with Gasteiger partial charge >= 0.3 is 0 Å². The quantitative estimate of drug-likeness (QED) is 0.0969. The number of aryl methyl sites for hydroxylation is 2. The monoisotopic (exact) mass is 488 g/mol. The van der Waals surface area contributed by atoms with E-state index in [1.807, 2.05) is 18.2 Å². The van der Waals surface area contributed by atoms with E-state index in [1.54, 1.807) is 6.08 Å². The molecule has 0 aromatic heterocycles. The van der Waals surface area contributed by atoms with Crippen LogP contribution in [0.5, 0.6) is 0 Å². The lowest BCUT2D eigenvalue weighted by Crippen LogP contribution is -1.96. The first-order chi connectivity index (χ1) is 17.7. The van der Waals surface area contributed by atoms with Crippen LogP contribution in [0, 0.1) is 0 Å². The zero-order valence-corrected chi connectivity index (χ0v) is 23.4. The average Bonchev–Trinajstić information content (AvgIpc) is 2.91. The fourth-order valence-electron chi connectivity index (χ4n) is 4.87. The minimum absolute atomic E-state index is 0.0865. The number of benzene rings is 2. The first-order valence-electron chi connectivity index (χ1n) is 15.1. The summed E-state index contributed by atoms with van der Waals surface area (Å²) in [5, 5.41) is 0. The first kappa shape index (κ1) is 30.1. The van der Waals surface area contributed by atoms with Crippen LogP contribution in [-0.4, -0.2) is 5.78 Å². The first-order valence-corrected chi connectivity index (χ1v) is 15.1. The van der Waals surface area contributed by atoms with Crippen LogP contribution in [0.1, 0.15) is 144 Å². The van der Waals surface area contributed by atoms with Crippen molar-refractivity contribution in [1.29, 1.82) is 0 Å². The van der Waals surface area contributed by atoms with Gasteiger partial charge in [0.05, 0.1) is 0 Å². The topological polar surface area (TPSA) is 17.1 Å². The summed E-state index contributed by atoms with van der Waals surface area (Å²) in [6.07, 6.45) is 27.7. The molecule has 0 saturated carbocycles. The van der Waals surface area contributed by atoms with Crippen LogP contribution in [0.15, 0.2) is 54.6 Å². The van der Waals surface area contributed by atoms with Crippen molar-refractivity contribution < 1.29 is 4.79 Å². The Kier molecular flexibility index (Phi) is 16.7. The Hall–Kier alpha value is -2.15. The van der Waals surface area contributed by atoms with Crippen LogP contribution >= 0.6 is 0 Å². The third-order valence-corrected chi connectivity index (χ3v) is 7.26. The van der Waals surface area contributed by atoms with Crippen LogP contribution in [0.4, 0.5) is 0 Å². The van der Waals surface area contributed by atoms with Crippen molar-refractivity contribution in [1.82, 2.24) is 0 Å². The Bertz CT molecular complexity index is 845. The van der Waals surface area contributed by atoms with E-state index in [9.17, 15) is 4.79 Å². The van der Waals surface area contributed by atoms with Gasteiger partial charge in [0.15, 0.2) is 5.78 Å². The van der Waals surface area contributed by atoms with E-state index in [-0.39, 0.29) is 5.78 Å². The normalized spacial score (nSPS) is 11.4. The smallest absolute Gasteiger partial charge is 0.185 e. The average molecular weight is 489 g/mol. The van der Waals surface area contributed by atoms with E-state index in [1.165, 1.54) is 114 Å². The highest BCUT2D eigenvalue weighted by Gasteiger charge is 2.03. The molecule has 0 atom stereocenters. The zero-order chi connectivity index (χ0) is 25.7. The Morgan fingerprint density at radius 3 is 1.69 bits per heavy atom. The highest BCUT2D eigenvalue weighted by Crippen LogP contribution is 2.15. The van der Waals surface area contributed by atoms with Gasteiger partial charge < -0.3 is 0 Å². The Labute approximate surface area is 222 Å². The summed E-state index contributed by atoms with van der Waals surface area (Å²) in [6.45, 7) is 4.51. The number of allylic oxidation sites excluding steroid dienone is 1. The Balaban J connectivity index is 1.58.